The fourth-order valence-corrected chi connectivity index (χ4v) is 5.66. The van der Waals surface area contributed by atoms with Gasteiger partial charge in [0, 0.05) is 41.9 Å². The van der Waals surface area contributed by atoms with Gasteiger partial charge in [-0.2, -0.15) is 0 Å². The molecule has 0 radical (unpaired) electrons. The van der Waals surface area contributed by atoms with Crippen LogP contribution in [-0.4, -0.2) is 32.6 Å². The fourth-order valence-electron chi connectivity index (χ4n) is 5.66. The van der Waals surface area contributed by atoms with Gasteiger partial charge in [0.1, 0.15) is 6.17 Å². The summed E-state index contributed by atoms with van der Waals surface area (Å²) < 4.78 is 16.3. The van der Waals surface area contributed by atoms with Gasteiger partial charge in [-0.15, -0.1) is 0 Å². The lowest BCUT2D eigenvalue weighted by atomic mass is 9.70. The van der Waals surface area contributed by atoms with E-state index in [1.54, 1.807) is 17.6 Å². The van der Waals surface area contributed by atoms with Crippen molar-refractivity contribution in [3.63, 3.8) is 0 Å². The zero-order valence-electron chi connectivity index (χ0n) is 17.1. The van der Waals surface area contributed by atoms with Crippen molar-refractivity contribution in [3.05, 3.63) is 56.0 Å². The molecule has 0 spiro atoms. The molecule has 3 unspecified atom stereocenters. The van der Waals surface area contributed by atoms with E-state index in [-0.39, 0.29) is 35.9 Å². The fraction of sp³-hybridized carbons (Fsp3) is 0.522. The Labute approximate surface area is 173 Å². The Bertz CT molecular complexity index is 1130. The van der Waals surface area contributed by atoms with E-state index in [9.17, 15) is 24.2 Å². The number of allylic oxidation sites excluding steroid dienone is 3. The molecular formula is C23H25FN2O4. The number of aliphatic hydroxyl groups is 1. The number of carboxylic acid groups (broad SMARTS) is 1. The molecule has 30 heavy (non-hydrogen) atoms. The summed E-state index contributed by atoms with van der Waals surface area (Å²) in [7, 11) is 0. The van der Waals surface area contributed by atoms with Crippen LogP contribution in [0.1, 0.15) is 63.3 Å². The normalized spacial score (nSPS) is 29.1. The molecule has 5 rings (SSSR count). The summed E-state index contributed by atoms with van der Waals surface area (Å²) in [4.78, 5) is 29.5. The minimum Gasteiger partial charge on any atom is -0.479 e. The van der Waals surface area contributed by atoms with Gasteiger partial charge in [-0.25, -0.2) is 9.18 Å². The minimum atomic E-state index is -2.12. The monoisotopic (exact) mass is 412 g/mol. The molecule has 4 atom stereocenters. The van der Waals surface area contributed by atoms with Gasteiger partial charge < -0.3 is 14.8 Å². The number of aliphatic carboxylic acids is 1. The first-order chi connectivity index (χ1) is 14.3. The molecule has 1 aromatic rings. The van der Waals surface area contributed by atoms with Crippen molar-refractivity contribution < 1.29 is 19.4 Å². The van der Waals surface area contributed by atoms with Gasteiger partial charge in [0.15, 0.2) is 5.60 Å². The van der Waals surface area contributed by atoms with Crippen LogP contribution in [0.2, 0.25) is 0 Å². The summed E-state index contributed by atoms with van der Waals surface area (Å²) in [6.45, 7) is 3.93. The SMILES string of the molecule is CC[C@@](O)(C(=O)O)c1cc2n(c(=O)c1)CC1C3=C4C(=NC21)CC(F)C(C)=C4CCC3. The quantitative estimate of drug-likeness (QED) is 0.798. The highest BCUT2D eigenvalue weighted by molar-refractivity contribution is 6.07. The average Bonchev–Trinajstić information content (AvgIpc) is 3.10. The highest BCUT2D eigenvalue weighted by Crippen LogP contribution is 2.51. The van der Waals surface area contributed by atoms with Crippen molar-refractivity contribution >= 4 is 11.7 Å². The van der Waals surface area contributed by atoms with Crippen LogP contribution in [0.15, 0.2) is 44.2 Å². The number of nitrogens with zero attached hydrogens (tertiary/aromatic N) is 2. The lowest BCUT2D eigenvalue weighted by molar-refractivity contribution is -0.160. The van der Waals surface area contributed by atoms with E-state index < -0.39 is 17.7 Å². The van der Waals surface area contributed by atoms with Crippen molar-refractivity contribution in [2.75, 3.05) is 0 Å². The van der Waals surface area contributed by atoms with Gasteiger partial charge >= 0.3 is 5.97 Å². The molecule has 2 N–H and O–H groups in total. The number of dihydropyridines is 1. The van der Waals surface area contributed by atoms with Crippen LogP contribution in [0.25, 0.3) is 0 Å². The Morgan fingerprint density at radius 2 is 2.13 bits per heavy atom. The van der Waals surface area contributed by atoms with Gasteiger partial charge in [0.05, 0.1) is 6.04 Å². The standard InChI is InChI=1S/C23H25FN2O4/c1-3-23(30,22(28)29)12-7-18-21-15(10-26(18)19(27)8-12)14-6-4-5-13-11(2)16(24)9-17(25-21)20(13)14/h7-8,15-16,21,30H,3-6,9-10H2,1-2H3,(H,28,29)/t15?,16?,21?,23-/m0/s1. The maximum atomic E-state index is 14.7. The van der Waals surface area contributed by atoms with E-state index in [4.69, 9.17) is 4.99 Å². The molecule has 7 heteroatoms. The van der Waals surface area contributed by atoms with Crippen molar-refractivity contribution in [3.8, 4) is 0 Å². The zero-order valence-corrected chi connectivity index (χ0v) is 17.1. The number of carbonyl (C=O) groups is 1. The van der Waals surface area contributed by atoms with Crippen LogP contribution in [0, 0.1) is 5.92 Å². The Morgan fingerprint density at radius 1 is 1.37 bits per heavy atom. The summed E-state index contributed by atoms with van der Waals surface area (Å²) in [5.41, 5.74) is 3.29. The average molecular weight is 412 g/mol. The molecule has 158 valence electrons. The van der Waals surface area contributed by atoms with Crippen LogP contribution in [0.4, 0.5) is 4.39 Å². The van der Waals surface area contributed by atoms with Gasteiger partial charge in [0.25, 0.3) is 5.56 Å². The van der Waals surface area contributed by atoms with Crippen molar-refractivity contribution in [2.45, 2.75) is 70.3 Å². The molecule has 0 saturated carbocycles. The number of pyridine rings is 1. The second-order valence-corrected chi connectivity index (χ2v) is 8.85. The van der Waals surface area contributed by atoms with E-state index in [1.807, 2.05) is 6.92 Å². The number of hydrogen-bond acceptors (Lipinski definition) is 4. The van der Waals surface area contributed by atoms with Crippen LogP contribution < -0.4 is 5.56 Å². The summed E-state index contributed by atoms with van der Waals surface area (Å²) >= 11 is 0. The summed E-state index contributed by atoms with van der Waals surface area (Å²) in [6, 6.07) is 2.50. The Kier molecular flexibility index (Phi) is 4.19. The molecule has 0 fully saturated rings. The summed E-state index contributed by atoms with van der Waals surface area (Å²) in [5, 5.41) is 20.2. The lowest BCUT2D eigenvalue weighted by Gasteiger charge is -2.38. The van der Waals surface area contributed by atoms with E-state index >= 15 is 0 Å². The van der Waals surface area contributed by atoms with Crippen LogP contribution in [0.3, 0.4) is 0 Å². The number of halogens is 1. The predicted molar refractivity (Wildman–Crippen MR) is 109 cm³/mol. The molecule has 0 amide bonds. The van der Waals surface area contributed by atoms with Gasteiger partial charge in [-0.05, 0) is 55.4 Å². The number of alkyl halides is 1. The van der Waals surface area contributed by atoms with Gasteiger partial charge in [-0.3, -0.25) is 9.79 Å². The highest BCUT2D eigenvalue weighted by atomic mass is 19.1. The number of aliphatic imine (C=N–C) groups is 1. The third-order valence-corrected chi connectivity index (χ3v) is 7.41. The van der Waals surface area contributed by atoms with Gasteiger partial charge in [-0.1, -0.05) is 12.5 Å². The third kappa shape index (κ3) is 2.47. The van der Waals surface area contributed by atoms with Crippen molar-refractivity contribution in [2.24, 2.45) is 10.9 Å². The second-order valence-electron chi connectivity index (χ2n) is 8.85. The number of fused-ring (bicyclic) bond motifs is 4. The van der Waals surface area contributed by atoms with Crippen molar-refractivity contribution in [1.82, 2.24) is 4.57 Å². The summed E-state index contributed by atoms with van der Waals surface area (Å²) in [6.07, 6.45) is 1.88. The lowest BCUT2D eigenvalue weighted by Crippen LogP contribution is -2.36. The topological polar surface area (TPSA) is 91.9 Å². The molecule has 0 aromatic carbocycles. The molecule has 2 aliphatic heterocycles. The Hall–Kier alpha value is -2.54. The molecule has 6 nitrogen and oxygen atoms in total. The summed E-state index contributed by atoms with van der Waals surface area (Å²) in [5.74, 6) is -1.36. The maximum Gasteiger partial charge on any atom is 0.340 e. The minimum absolute atomic E-state index is 0.0190. The largest absolute Gasteiger partial charge is 0.479 e. The molecule has 0 bridgehead atoms. The van der Waals surface area contributed by atoms with Crippen LogP contribution >= 0.6 is 0 Å². The third-order valence-electron chi connectivity index (χ3n) is 7.41. The van der Waals surface area contributed by atoms with E-state index in [0.717, 1.165) is 41.7 Å². The van der Waals surface area contributed by atoms with Crippen molar-refractivity contribution in [1.29, 1.82) is 0 Å². The van der Waals surface area contributed by atoms with Crippen LogP contribution in [0.5, 0.6) is 0 Å². The Balaban J connectivity index is 1.67. The molecular weight excluding hydrogens is 387 g/mol. The molecule has 2 aliphatic carbocycles. The first-order valence-electron chi connectivity index (χ1n) is 10.6. The molecule has 0 saturated heterocycles. The predicted octanol–water partition coefficient (Wildman–Crippen LogP) is 3.19. The van der Waals surface area contributed by atoms with E-state index in [0.29, 0.717) is 12.2 Å². The molecule has 1 aromatic heterocycles. The first-order valence-corrected chi connectivity index (χ1v) is 10.6. The zero-order chi connectivity index (χ0) is 21.4. The molecule has 4 aliphatic rings. The molecule has 3 heterocycles. The van der Waals surface area contributed by atoms with E-state index in [1.165, 1.54) is 11.6 Å². The Morgan fingerprint density at radius 3 is 2.83 bits per heavy atom. The maximum absolute atomic E-state index is 14.7. The van der Waals surface area contributed by atoms with Crippen LogP contribution in [-0.2, 0) is 16.9 Å². The van der Waals surface area contributed by atoms with E-state index in [2.05, 4.69) is 0 Å². The first kappa shape index (κ1) is 19.4. The highest BCUT2D eigenvalue weighted by Gasteiger charge is 2.45. The van der Waals surface area contributed by atoms with Gasteiger partial charge in [0.2, 0.25) is 0 Å². The number of hydrogen-bond donors (Lipinski definition) is 2. The second kappa shape index (κ2) is 6.48. The smallest absolute Gasteiger partial charge is 0.340 e. The number of carboxylic acids is 1. The number of aromatic nitrogens is 1. The number of rotatable bonds is 3.